The molecule has 6 heteroatoms. The Morgan fingerprint density at radius 2 is 2.00 bits per heavy atom. The molecule has 1 N–H and O–H groups in total. The molecule has 0 fully saturated rings. The van der Waals surface area contributed by atoms with Crippen LogP contribution in [-0.2, 0) is 12.3 Å². The topological polar surface area (TPSA) is 42.0 Å². The first kappa shape index (κ1) is 16.7. The number of thiophene rings is 1. The van der Waals surface area contributed by atoms with E-state index >= 15 is 0 Å². The molecule has 0 radical (unpaired) electrons. The van der Waals surface area contributed by atoms with Crippen molar-refractivity contribution in [2.24, 2.45) is 0 Å². The van der Waals surface area contributed by atoms with Crippen molar-refractivity contribution in [3.05, 3.63) is 81.9 Å². The summed E-state index contributed by atoms with van der Waals surface area (Å²) in [6, 6.07) is 13.8. The van der Waals surface area contributed by atoms with Crippen LogP contribution in [0.3, 0.4) is 0 Å². The van der Waals surface area contributed by atoms with Crippen LogP contribution in [0.1, 0.15) is 20.8 Å². The van der Waals surface area contributed by atoms with Crippen molar-refractivity contribution in [2.45, 2.75) is 17.3 Å². The van der Waals surface area contributed by atoms with Gasteiger partial charge in [-0.2, -0.15) is 0 Å². The Labute approximate surface area is 148 Å². The van der Waals surface area contributed by atoms with E-state index in [0.29, 0.717) is 22.9 Å². The molecule has 0 aliphatic carbocycles. The van der Waals surface area contributed by atoms with E-state index in [1.54, 1.807) is 41.8 Å². The summed E-state index contributed by atoms with van der Waals surface area (Å²) in [5.41, 5.74) is 1.54. The van der Waals surface area contributed by atoms with Crippen molar-refractivity contribution in [2.75, 3.05) is 0 Å². The number of carbonyl (C=O) groups is 1. The zero-order valence-electron chi connectivity index (χ0n) is 12.7. The normalized spacial score (nSPS) is 10.5. The number of rotatable bonds is 6. The summed E-state index contributed by atoms with van der Waals surface area (Å²) in [4.78, 5) is 17.8. The third kappa shape index (κ3) is 4.43. The minimum Gasteiger partial charge on any atom is -0.347 e. The second-order valence-corrected chi connectivity index (χ2v) is 7.03. The minimum absolute atomic E-state index is 0.141. The maximum absolute atomic E-state index is 12.9. The molecule has 1 amide bonds. The van der Waals surface area contributed by atoms with Gasteiger partial charge in [0.25, 0.3) is 5.91 Å². The molecule has 3 rings (SSSR count). The van der Waals surface area contributed by atoms with Gasteiger partial charge in [0.05, 0.1) is 12.1 Å². The fourth-order valence-electron chi connectivity index (χ4n) is 2.09. The first-order chi connectivity index (χ1) is 11.7. The number of amides is 1. The third-order valence-corrected chi connectivity index (χ3v) is 5.26. The maximum atomic E-state index is 12.9. The number of aromatic nitrogens is 1. The number of nitrogens with zero attached hydrogens (tertiary/aromatic N) is 1. The third-order valence-electron chi connectivity index (χ3n) is 3.31. The van der Waals surface area contributed by atoms with E-state index in [1.165, 1.54) is 23.9 Å². The molecule has 0 bridgehead atoms. The zero-order valence-corrected chi connectivity index (χ0v) is 14.4. The lowest BCUT2D eigenvalue weighted by atomic mass is 10.2. The first-order valence-corrected chi connectivity index (χ1v) is 9.22. The van der Waals surface area contributed by atoms with Gasteiger partial charge in [-0.25, -0.2) is 9.37 Å². The predicted molar refractivity (Wildman–Crippen MR) is 95.7 cm³/mol. The fourth-order valence-corrected chi connectivity index (χ4v) is 3.68. The molecule has 2 aromatic heterocycles. The lowest BCUT2D eigenvalue weighted by Gasteiger charge is -2.08. The fraction of sp³-hybridized carbons (Fsp3) is 0.111. The van der Waals surface area contributed by atoms with Crippen LogP contribution in [0.2, 0.25) is 0 Å². The summed E-state index contributed by atoms with van der Waals surface area (Å²) in [5.74, 6) is 0.232. The number of hydrogen-bond donors (Lipinski definition) is 1. The Bertz CT molecular complexity index is 804. The largest absolute Gasteiger partial charge is 0.347 e. The van der Waals surface area contributed by atoms with Crippen LogP contribution < -0.4 is 5.32 Å². The summed E-state index contributed by atoms with van der Waals surface area (Å²) >= 11 is 3.07. The van der Waals surface area contributed by atoms with E-state index < -0.39 is 0 Å². The molecule has 0 saturated heterocycles. The first-order valence-electron chi connectivity index (χ1n) is 7.35. The number of pyridine rings is 1. The van der Waals surface area contributed by atoms with Gasteiger partial charge in [-0.1, -0.05) is 18.2 Å². The van der Waals surface area contributed by atoms with Gasteiger partial charge in [-0.3, -0.25) is 4.79 Å². The monoisotopic (exact) mass is 358 g/mol. The molecule has 24 heavy (non-hydrogen) atoms. The van der Waals surface area contributed by atoms with Crippen molar-refractivity contribution in [1.29, 1.82) is 0 Å². The summed E-state index contributed by atoms with van der Waals surface area (Å²) in [7, 11) is 0. The lowest BCUT2D eigenvalue weighted by Crippen LogP contribution is -2.23. The highest BCUT2D eigenvalue weighted by atomic mass is 32.2. The molecule has 122 valence electrons. The molecule has 1 aromatic carbocycles. The standard InChI is InChI=1S/C18H15FN2OS2/c19-14-7-5-13(6-8-14)12-24-18-16(4-1-9-20-18)17(22)21-11-15-3-2-10-23-15/h1-10H,11-12H2,(H,21,22). The van der Waals surface area contributed by atoms with Crippen molar-refractivity contribution < 1.29 is 9.18 Å². The van der Waals surface area contributed by atoms with E-state index in [0.717, 1.165) is 10.4 Å². The summed E-state index contributed by atoms with van der Waals surface area (Å²) < 4.78 is 12.9. The van der Waals surface area contributed by atoms with Gasteiger partial charge in [0, 0.05) is 16.8 Å². The molecule has 0 aliphatic heterocycles. The summed E-state index contributed by atoms with van der Waals surface area (Å²) in [6.45, 7) is 0.507. The number of nitrogens with one attached hydrogen (secondary N) is 1. The molecule has 0 atom stereocenters. The van der Waals surface area contributed by atoms with Crippen molar-refractivity contribution in [3.63, 3.8) is 0 Å². The molecule has 0 unspecified atom stereocenters. The molecular formula is C18H15FN2OS2. The second-order valence-electron chi connectivity index (χ2n) is 5.03. The number of benzene rings is 1. The van der Waals surface area contributed by atoms with Crippen LogP contribution in [0.5, 0.6) is 0 Å². The molecule has 0 saturated carbocycles. The Kier molecular flexibility index (Phi) is 5.61. The average molecular weight is 358 g/mol. The number of carbonyl (C=O) groups excluding carboxylic acids is 1. The number of thioether (sulfide) groups is 1. The van der Waals surface area contributed by atoms with Crippen LogP contribution in [0, 0.1) is 5.82 Å². The highest BCUT2D eigenvalue weighted by Gasteiger charge is 2.12. The van der Waals surface area contributed by atoms with Gasteiger partial charge >= 0.3 is 0 Å². The van der Waals surface area contributed by atoms with Crippen LogP contribution in [0.4, 0.5) is 4.39 Å². The van der Waals surface area contributed by atoms with Gasteiger partial charge < -0.3 is 5.32 Å². The Hall–Kier alpha value is -2.18. The van der Waals surface area contributed by atoms with Crippen LogP contribution in [-0.4, -0.2) is 10.9 Å². The SMILES string of the molecule is O=C(NCc1cccs1)c1cccnc1SCc1ccc(F)cc1. The molecule has 2 heterocycles. The summed E-state index contributed by atoms with van der Waals surface area (Å²) in [5, 5.41) is 5.57. The number of hydrogen-bond acceptors (Lipinski definition) is 4. The molecule has 3 nitrogen and oxygen atoms in total. The van der Waals surface area contributed by atoms with Crippen LogP contribution in [0.15, 0.2) is 65.1 Å². The van der Waals surface area contributed by atoms with Gasteiger partial charge in [0.1, 0.15) is 10.8 Å². The molecule has 3 aromatic rings. The van der Waals surface area contributed by atoms with Gasteiger partial charge in [0.15, 0.2) is 0 Å². The highest BCUT2D eigenvalue weighted by Crippen LogP contribution is 2.24. The average Bonchev–Trinajstić information content (AvgIpc) is 3.13. The van der Waals surface area contributed by atoms with E-state index in [9.17, 15) is 9.18 Å². The predicted octanol–water partition coefficient (Wildman–Crippen LogP) is 4.50. The van der Waals surface area contributed by atoms with Gasteiger partial charge in [0.2, 0.25) is 0 Å². The molecule has 0 aliphatic rings. The van der Waals surface area contributed by atoms with Crippen molar-refractivity contribution >= 4 is 29.0 Å². The zero-order chi connectivity index (χ0) is 16.8. The molecular weight excluding hydrogens is 343 g/mol. The van der Waals surface area contributed by atoms with Crippen LogP contribution in [0.25, 0.3) is 0 Å². The second kappa shape index (κ2) is 8.08. The maximum Gasteiger partial charge on any atom is 0.254 e. The van der Waals surface area contributed by atoms with E-state index in [2.05, 4.69) is 10.3 Å². The van der Waals surface area contributed by atoms with E-state index in [1.807, 2.05) is 17.5 Å². The Balaban J connectivity index is 1.65. The quantitative estimate of drug-likeness (QED) is 0.660. The van der Waals surface area contributed by atoms with Gasteiger partial charge in [-0.15, -0.1) is 23.1 Å². The smallest absolute Gasteiger partial charge is 0.254 e. The Morgan fingerprint density at radius 3 is 2.75 bits per heavy atom. The van der Waals surface area contributed by atoms with Crippen LogP contribution >= 0.6 is 23.1 Å². The molecule has 0 spiro atoms. The van der Waals surface area contributed by atoms with Crippen molar-refractivity contribution in [3.8, 4) is 0 Å². The Morgan fingerprint density at radius 1 is 1.17 bits per heavy atom. The van der Waals surface area contributed by atoms with Gasteiger partial charge in [-0.05, 0) is 41.3 Å². The van der Waals surface area contributed by atoms with E-state index in [4.69, 9.17) is 0 Å². The summed E-state index contributed by atoms with van der Waals surface area (Å²) in [6.07, 6.45) is 1.67. The highest BCUT2D eigenvalue weighted by molar-refractivity contribution is 7.98. The minimum atomic E-state index is -0.254. The number of halogens is 1. The lowest BCUT2D eigenvalue weighted by molar-refractivity contribution is 0.0947. The van der Waals surface area contributed by atoms with E-state index in [-0.39, 0.29) is 11.7 Å². The van der Waals surface area contributed by atoms with Crippen molar-refractivity contribution in [1.82, 2.24) is 10.3 Å².